The van der Waals surface area contributed by atoms with E-state index in [2.05, 4.69) is 12.2 Å². The number of hydrogen-bond acceptors (Lipinski definition) is 3. The van der Waals surface area contributed by atoms with Crippen LogP contribution in [0.3, 0.4) is 0 Å². The summed E-state index contributed by atoms with van der Waals surface area (Å²) >= 11 is 0. The Morgan fingerprint density at radius 3 is 2.50 bits per heavy atom. The van der Waals surface area contributed by atoms with Crippen molar-refractivity contribution in [2.45, 2.75) is 58.2 Å². The number of amides is 1. The lowest BCUT2D eigenvalue weighted by atomic mass is 10.1. The van der Waals surface area contributed by atoms with E-state index in [9.17, 15) is 4.79 Å². The van der Waals surface area contributed by atoms with Gasteiger partial charge in [0.2, 0.25) is 0 Å². The van der Waals surface area contributed by atoms with Crippen LogP contribution in [0.1, 0.15) is 45.1 Å². The Bertz CT molecular complexity index is 720. The van der Waals surface area contributed by atoms with Gasteiger partial charge in [-0.15, -0.1) is 0 Å². The summed E-state index contributed by atoms with van der Waals surface area (Å²) in [6.07, 6.45) is 5.39. The number of carbonyl (C=O) groups is 1. The van der Waals surface area contributed by atoms with Crippen molar-refractivity contribution in [1.82, 2.24) is 0 Å². The van der Waals surface area contributed by atoms with Gasteiger partial charge in [0, 0.05) is 5.69 Å². The highest BCUT2D eigenvalue weighted by Crippen LogP contribution is 2.25. The molecule has 0 aromatic heterocycles. The average Bonchev–Trinajstić information content (AvgIpc) is 3.16. The van der Waals surface area contributed by atoms with Gasteiger partial charge < -0.3 is 14.8 Å². The van der Waals surface area contributed by atoms with Gasteiger partial charge in [-0.2, -0.15) is 0 Å². The van der Waals surface area contributed by atoms with Gasteiger partial charge >= 0.3 is 0 Å². The molecule has 1 fully saturated rings. The first-order valence-corrected chi connectivity index (χ1v) is 9.48. The van der Waals surface area contributed by atoms with Crippen LogP contribution in [0.5, 0.6) is 11.5 Å². The van der Waals surface area contributed by atoms with E-state index in [-0.39, 0.29) is 5.91 Å². The molecule has 0 aliphatic heterocycles. The van der Waals surface area contributed by atoms with Gasteiger partial charge in [0.15, 0.2) is 6.10 Å². The Morgan fingerprint density at radius 2 is 1.81 bits per heavy atom. The van der Waals surface area contributed by atoms with Crippen LogP contribution in [0.4, 0.5) is 5.69 Å². The summed E-state index contributed by atoms with van der Waals surface area (Å²) in [7, 11) is 0. The van der Waals surface area contributed by atoms with Gasteiger partial charge in [-0.1, -0.05) is 25.1 Å². The topological polar surface area (TPSA) is 47.6 Å². The maximum Gasteiger partial charge on any atom is 0.265 e. The van der Waals surface area contributed by atoms with Crippen molar-refractivity contribution in [3.8, 4) is 11.5 Å². The van der Waals surface area contributed by atoms with E-state index in [1.165, 1.54) is 12.8 Å². The molecule has 1 N–H and O–H groups in total. The Hall–Kier alpha value is -2.49. The average molecular weight is 353 g/mol. The lowest BCUT2D eigenvalue weighted by Crippen LogP contribution is -2.30. The molecule has 2 aromatic carbocycles. The standard InChI is InChI=1S/C22H27NO3/c1-3-17-8-4-7-11-21(17)25-16(2)22(24)23-18-12-14-20(15-13-18)26-19-9-5-6-10-19/h4,7-8,11-16,19H,3,5-6,9-10H2,1-2H3,(H,23,24). The highest BCUT2D eigenvalue weighted by Gasteiger charge is 2.18. The molecule has 3 rings (SSSR count). The van der Waals surface area contributed by atoms with E-state index in [1.807, 2.05) is 48.5 Å². The van der Waals surface area contributed by atoms with Crippen molar-refractivity contribution in [3.63, 3.8) is 0 Å². The van der Waals surface area contributed by atoms with Crippen molar-refractivity contribution < 1.29 is 14.3 Å². The third kappa shape index (κ3) is 4.78. The van der Waals surface area contributed by atoms with E-state index in [4.69, 9.17) is 9.47 Å². The summed E-state index contributed by atoms with van der Waals surface area (Å²) in [6.45, 7) is 3.83. The smallest absolute Gasteiger partial charge is 0.265 e. The van der Waals surface area contributed by atoms with Crippen molar-refractivity contribution in [2.75, 3.05) is 5.32 Å². The molecule has 1 saturated carbocycles. The van der Waals surface area contributed by atoms with E-state index in [0.717, 1.165) is 42.0 Å². The van der Waals surface area contributed by atoms with Gasteiger partial charge in [-0.3, -0.25) is 4.79 Å². The maximum absolute atomic E-state index is 12.4. The van der Waals surface area contributed by atoms with Crippen molar-refractivity contribution in [1.29, 1.82) is 0 Å². The van der Waals surface area contributed by atoms with Crippen LogP contribution in [0.15, 0.2) is 48.5 Å². The molecular formula is C22H27NO3. The molecule has 1 amide bonds. The SMILES string of the molecule is CCc1ccccc1OC(C)C(=O)Nc1ccc(OC2CCCC2)cc1. The van der Waals surface area contributed by atoms with Crippen molar-refractivity contribution in [2.24, 2.45) is 0 Å². The molecule has 0 bridgehead atoms. The van der Waals surface area contributed by atoms with E-state index in [0.29, 0.717) is 6.10 Å². The second kappa shape index (κ2) is 8.75. The number of para-hydroxylation sites is 1. The Balaban J connectivity index is 1.55. The van der Waals surface area contributed by atoms with Gasteiger partial charge in [0.05, 0.1) is 6.10 Å². The van der Waals surface area contributed by atoms with Gasteiger partial charge in [-0.05, 0) is 74.9 Å². The molecule has 1 unspecified atom stereocenters. The zero-order valence-corrected chi connectivity index (χ0v) is 15.5. The molecular weight excluding hydrogens is 326 g/mol. The number of benzene rings is 2. The van der Waals surface area contributed by atoms with Crippen molar-refractivity contribution >= 4 is 11.6 Å². The van der Waals surface area contributed by atoms with E-state index in [1.54, 1.807) is 6.92 Å². The minimum Gasteiger partial charge on any atom is -0.490 e. The second-order valence-corrected chi connectivity index (χ2v) is 6.76. The third-order valence-electron chi connectivity index (χ3n) is 4.75. The Labute approximate surface area is 155 Å². The summed E-state index contributed by atoms with van der Waals surface area (Å²) in [5.74, 6) is 1.45. The normalized spacial score (nSPS) is 15.5. The first kappa shape index (κ1) is 18.3. The molecule has 1 aliphatic carbocycles. The van der Waals surface area contributed by atoms with Crippen LogP contribution in [0.2, 0.25) is 0 Å². The van der Waals surface area contributed by atoms with Crippen LogP contribution in [0.25, 0.3) is 0 Å². The van der Waals surface area contributed by atoms with Gasteiger partial charge in [-0.25, -0.2) is 0 Å². The van der Waals surface area contributed by atoms with Crippen molar-refractivity contribution in [3.05, 3.63) is 54.1 Å². The zero-order chi connectivity index (χ0) is 18.4. The first-order valence-electron chi connectivity index (χ1n) is 9.48. The third-order valence-corrected chi connectivity index (χ3v) is 4.75. The molecule has 1 aliphatic rings. The number of rotatable bonds is 7. The number of hydrogen-bond donors (Lipinski definition) is 1. The van der Waals surface area contributed by atoms with Crippen LogP contribution in [-0.4, -0.2) is 18.1 Å². The van der Waals surface area contributed by atoms with Crippen LogP contribution < -0.4 is 14.8 Å². The predicted octanol–water partition coefficient (Wildman–Crippen LogP) is 4.98. The van der Waals surface area contributed by atoms with Gasteiger partial charge in [0.1, 0.15) is 11.5 Å². The zero-order valence-electron chi connectivity index (χ0n) is 15.5. The lowest BCUT2D eigenvalue weighted by Gasteiger charge is -2.17. The molecule has 2 aromatic rings. The summed E-state index contributed by atoms with van der Waals surface area (Å²) in [5.41, 5.74) is 1.84. The lowest BCUT2D eigenvalue weighted by molar-refractivity contribution is -0.122. The Kier molecular flexibility index (Phi) is 6.16. The summed E-state index contributed by atoms with van der Waals surface area (Å²) in [5, 5.41) is 2.90. The quantitative estimate of drug-likeness (QED) is 0.764. The molecule has 4 nitrogen and oxygen atoms in total. The summed E-state index contributed by atoms with van der Waals surface area (Å²) in [4.78, 5) is 12.4. The van der Waals surface area contributed by atoms with Crippen LogP contribution >= 0.6 is 0 Å². The minimum absolute atomic E-state index is 0.166. The molecule has 0 radical (unpaired) electrons. The molecule has 26 heavy (non-hydrogen) atoms. The highest BCUT2D eigenvalue weighted by atomic mass is 16.5. The molecule has 0 spiro atoms. The monoisotopic (exact) mass is 353 g/mol. The predicted molar refractivity (Wildman–Crippen MR) is 104 cm³/mol. The number of carbonyl (C=O) groups excluding carboxylic acids is 1. The fraction of sp³-hybridized carbons (Fsp3) is 0.409. The largest absolute Gasteiger partial charge is 0.490 e. The number of ether oxygens (including phenoxy) is 2. The first-order chi connectivity index (χ1) is 12.7. The molecule has 0 saturated heterocycles. The Morgan fingerprint density at radius 1 is 1.12 bits per heavy atom. The van der Waals surface area contributed by atoms with E-state index >= 15 is 0 Å². The molecule has 4 heteroatoms. The molecule has 138 valence electrons. The fourth-order valence-corrected chi connectivity index (χ4v) is 3.21. The maximum atomic E-state index is 12.4. The molecule has 1 atom stereocenters. The van der Waals surface area contributed by atoms with Crippen LogP contribution in [-0.2, 0) is 11.2 Å². The van der Waals surface area contributed by atoms with Crippen LogP contribution in [0, 0.1) is 0 Å². The number of aryl methyl sites for hydroxylation is 1. The van der Waals surface area contributed by atoms with E-state index < -0.39 is 6.10 Å². The highest BCUT2D eigenvalue weighted by molar-refractivity contribution is 5.94. The van der Waals surface area contributed by atoms with Gasteiger partial charge in [0.25, 0.3) is 5.91 Å². The summed E-state index contributed by atoms with van der Waals surface area (Å²) < 4.78 is 11.8. The fourth-order valence-electron chi connectivity index (χ4n) is 3.21. The minimum atomic E-state index is -0.572. The second-order valence-electron chi connectivity index (χ2n) is 6.76. The number of nitrogens with one attached hydrogen (secondary N) is 1. The number of anilines is 1. The molecule has 0 heterocycles. The summed E-state index contributed by atoms with van der Waals surface area (Å²) in [6, 6.07) is 15.4.